The molecule has 0 amide bonds. The van der Waals surface area contributed by atoms with Crippen LogP contribution in [0, 0.1) is 0 Å². The van der Waals surface area contributed by atoms with Gasteiger partial charge < -0.3 is 15.6 Å². The number of benzene rings is 1. The summed E-state index contributed by atoms with van der Waals surface area (Å²) in [4.78, 5) is 0. The van der Waals surface area contributed by atoms with Crippen molar-refractivity contribution in [1.82, 2.24) is 0 Å². The van der Waals surface area contributed by atoms with E-state index in [-0.39, 0.29) is 18.1 Å². The summed E-state index contributed by atoms with van der Waals surface area (Å²) in [5.74, 6) is 0.157. The molecule has 6 heteroatoms. The van der Waals surface area contributed by atoms with Crippen molar-refractivity contribution in [3.63, 3.8) is 0 Å². The topological polar surface area (TPSA) is 89.6 Å². The van der Waals surface area contributed by atoms with Crippen LogP contribution in [0.25, 0.3) is 0 Å². The van der Waals surface area contributed by atoms with Crippen molar-refractivity contribution in [1.29, 1.82) is 0 Å². The fraction of sp³-hybridized carbons (Fsp3) is 0.400. The largest absolute Gasteiger partial charge is 0.495 e. The Morgan fingerprint density at radius 2 is 2.12 bits per heavy atom. The number of anilines is 1. The molecule has 0 bridgehead atoms. The van der Waals surface area contributed by atoms with E-state index in [1.165, 1.54) is 7.11 Å². The first kappa shape index (κ1) is 12.8. The van der Waals surface area contributed by atoms with Gasteiger partial charge in [-0.1, -0.05) is 6.07 Å². The maximum atomic E-state index is 11.4. The van der Waals surface area contributed by atoms with Crippen LogP contribution >= 0.6 is 0 Å². The van der Waals surface area contributed by atoms with Gasteiger partial charge >= 0.3 is 0 Å². The smallest absolute Gasteiger partial charge is 0.156 e. The molecule has 0 unspecified atom stereocenters. The molecule has 5 nitrogen and oxygen atoms in total. The Kier molecular flexibility index (Phi) is 4.14. The highest BCUT2D eigenvalue weighted by atomic mass is 32.2. The van der Waals surface area contributed by atoms with E-state index in [9.17, 15) is 8.42 Å². The fourth-order valence-electron chi connectivity index (χ4n) is 1.34. The maximum Gasteiger partial charge on any atom is 0.156 e. The van der Waals surface area contributed by atoms with E-state index in [1.807, 2.05) is 0 Å². The van der Waals surface area contributed by atoms with Crippen LogP contribution < -0.4 is 10.5 Å². The van der Waals surface area contributed by atoms with Crippen molar-refractivity contribution >= 4 is 15.5 Å². The monoisotopic (exact) mass is 245 g/mol. The Bertz CT molecular complexity index is 456. The predicted molar refractivity (Wildman–Crippen MR) is 62.0 cm³/mol. The molecule has 0 atom stereocenters. The molecule has 1 aromatic rings. The molecule has 0 saturated heterocycles. The zero-order valence-corrected chi connectivity index (χ0v) is 9.83. The van der Waals surface area contributed by atoms with Gasteiger partial charge in [0.25, 0.3) is 0 Å². The van der Waals surface area contributed by atoms with Crippen molar-refractivity contribution < 1.29 is 18.3 Å². The first-order chi connectivity index (χ1) is 7.48. The summed E-state index contributed by atoms with van der Waals surface area (Å²) >= 11 is 0. The lowest BCUT2D eigenvalue weighted by Gasteiger charge is -2.07. The molecule has 0 fully saturated rings. The third-order valence-electron chi connectivity index (χ3n) is 2.08. The minimum Gasteiger partial charge on any atom is -0.495 e. The standard InChI is InChI=1S/C10H15NO4S/c1-15-10-3-2-8(6-9(10)11)7-16(13,14)5-4-12/h2-3,6,12H,4-5,7,11H2,1H3. The molecule has 90 valence electrons. The molecule has 0 radical (unpaired) electrons. The third-order valence-corrected chi connectivity index (χ3v) is 3.66. The Hall–Kier alpha value is -1.27. The Labute approximate surface area is 94.8 Å². The van der Waals surface area contributed by atoms with Crippen LogP contribution in [0.1, 0.15) is 5.56 Å². The van der Waals surface area contributed by atoms with Crippen LogP contribution in [0.15, 0.2) is 18.2 Å². The van der Waals surface area contributed by atoms with E-state index < -0.39 is 9.84 Å². The van der Waals surface area contributed by atoms with Gasteiger partial charge in [0, 0.05) is 0 Å². The van der Waals surface area contributed by atoms with Gasteiger partial charge in [-0.3, -0.25) is 0 Å². The number of hydrogen-bond donors (Lipinski definition) is 2. The molecule has 3 N–H and O–H groups in total. The van der Waals surface area contributed by atoms with Gasteiger partial charge in [0.2, 0.25) is 0 Å². The summed E-state index contributed by atoms with van der Waals surface area (Å²) in [6.45, 7) is -0.367. The summed E-state index contributed by atoms with van der Waals surface area (Å²) in [5, 5.41) is 8.59. The van der Waals surface area contributed by atoms with Crippen LogP contribution in [0.5, 0.6) is 5.75 Å². The SMILES string of the molecule is COc1ccc(CS(=O)(=O)CCO)cc1N. The zero-order chi connectivity index (χ0) is 12.2. The second-order valence-electron chi connectivity index (χ2n) is 3.39. The first-order valence-corrected chi connectivity index (χ1v) is 6.54. The molecule has 0 aliphatic rings. The van der Waals surface area contributed by atoms with Crippen molar-refractivity contribution in [2.24, 2.45) is 0 Å². The average molecular weight is 245 g/mol. The number of hydrogen-bond acceptors (Lipinski definition) is 5. The maximum absolute atomic E-state index is 11.4. The molecule has 0 heterocycles. The average Bonchev–Trinajstić information content (AvgIpc) is 2.17. The van der Waals surface area contributed by atoms with Gasteiger partial charge in [-0.15, -0.1) is 0 Å². The van der Waals surface area contributed by atoms with Crippen LogP contribution in [0.4, 0.5) is 5.69 Å². The molecule has 0 aliphatic carbocycles. The zero-order valence-electron chi connectivity index (χ0n) is 9.01. The van der Waals surface area contributed by atoms with E-state index >= 15 is 0 Å². The number of methoxy groups -OCH3 is 1. The predicted octanol–water partition coefficient (Wildman–Crippen LogP) is 0.185. The Morgan fingerprint density at radius 1 is 1.44 bits per heavy atom. The number of aliphatic hydroxyl groups excluding tert-OH is 1. The Morgan fingerprint density at radius 3 is 2.62 bits per heavy atom. The highest BCUT2D eigenvalue weighted by Gasteiger charge is 2.12. The molecule has 16 heavy (non-hydrogen) atoms. The molecule has 0 aromatic heterocycles. The highest BCUT2D eigenvalue weighted by Crippen LogP contribution is 2.22. The Balaban J connectivity index is 2.87. The molecule has 0 spiro atoms. The van der Waals surface area contributed by atoms with E-state index in [2.05, 4.69) is 0 Å². The molecule has 0 aliphatic heterocycles. The number of sulfone groups is 1. The second kappa shape index (κ2) is 5.18. The first-order valence-electron chi connectivity index (χ1n) is 4.72. The van der Waals surface area contributed by atoms with Gasteiger partial charge in [0.15, 0.2) is 9.84 Å². The van der Waals surface area contributed by atoms with Crippen LogP contribution in [-0.4, -0.2) is 33.0 Å². The highest BCUT2D eigenvalue weighted by molar-refractivity contribution is 7.90. The van der Waals surface area contributed by atoms with Crippen LogP contribution in [-0.2, 0) is 15.6 Å². The van der Waals surface area contributed by atoms with E-state index in [1.54, 1.807) is 18.2 Å². The van der Waals surface area contributed by atoms with Gasteiger partial charge in [-0.05, 0) is 17.7 Å². The molecular weight excluding hydrogens is 230 g/mol. The third kappa shape index (κ3) is 3.39. The molecule has 1 rings (SSSR count). The number of aliphatic hydroxyl groups is 1. The van der Waals surface area contributed by atoms with E-state index in [0.29, 0.717) is 17.0 Å². The molecular formula is C10H15NO4S. The number of ether oxygens (including phenoxy) is 1. The second-order valence-corrected chi connectivity index (χ2v) is 5.58. The molecule has 1 aromatic carbocycles. The fourth-order valence-corrected chi connectivity index (χ4v) is 2.45. The summed E-state index contributed by atoms with van der Waals surface area (Å²) in [7, 11) is -1.77. The van der Waals surface area contributed by atoms with E-state index in [0.717, 1.165) is 0 Å². The normalized spacial score (nSPS) is 11.4. The van der Waals surface area contributed by atoms with Crippen LogP contribution in [0.3, 0.4) is 0 Å². The van der Waals surface area contributed by atoms with Crippen LogP contribution in [0.2, 0.25) is 0 Å². The minimum absolute atomic E-state index is 0.123. The summed E-state index contributed by atoms with van der Waals surface area (Å²) in [5.41, 5.74) is 6.65. The van der Waals surface area contributed by atoms with E-state index in [4.69, 9.17) is 15.6 Å². The van der Waals surface area contributed by atoms with Crippen molar-refractivity contribution in [3.05, 3.63) is 23.8 Å². The number of rotatable bonds is 5. The van der Waals surface area contributed by atoms with Crippen molar-refractivity contribution in [2.75, 3.05) is 25.2 Å². The lowest BCUT2D eigenvalue weighted by molar-refractivity contribution is 0.319. The van der Waals surface area contributed by atoms with Gasteiger partial charge in [0.1, 0.15) is 5.75 Å². The lowest BCUT2D eigenvalue weighted by Crippen LogP contribution is -2.12. The van der Waals surface area contributed by atoms with Gasteiger partial charge in [-0.25, -0.2) is 8.42 Å². The van der Waals surface area contributed by atoms with Gasteiger partial charge in [-0.2, -0.15) is 0 Å². The lowest BCUT2D eigenvalue weighted by atomic mass is 10.2. The minimum atomic E-state index is -3.27. The summed E-state index contributed by atoms with van der Waals surface area (Å²) in [6.07, 6.45) is 0. The molecule has 0 saturated carbocycles. The summed E-state index contributed by atoms with van der Waals surface area (Å²) < 4.78 is 27.8. The van der Waals surface area contributed by atoms with Crippen molar-refractivity contribution in [2.45, 2.75) is 5.75 Å². The quantitative estimate of drug-likeness (QED) is 0.722. The van der Waals surface area contributed by atoms with Gasteiger partial charge in [0.05, 0.1) is 30.9 Å². The number of nitrogens with two attached hydrogens (primary N) is 1. The number of nitrogen functional groups attached to an aromatic ring is 1. The summed E-state index contributed by atoms with van der Waals surface area (Å²) in [6, 6.07) is 4.83. The van der Waals surface area contributed by atoms with Crippen molar-refractivity contribution in [3.8, 4) is 5.75 Å².